The van der Waals surface area contributed by atoms with Gasteiger partial charge in [0, 0.05) is 0 Å². The Kier molecular flexibility index (Phi) is 4.49. The van der Waals surface area contributed by atoms with Gasteiger partial charge in [-0.1, -0.05) is 30.7 Å². The van der Waals surface area contributed by atoms with Gasteiger partial charge in [-0.2, -0.15) is 22.2 Å². The van der Waals surface area contributed by atoms with Gasteiger partial charge < -0.3 is 0 Å². The molecule has 78 valence electrons. The fourth-order valence-corrected chi connectivity index (χ4v) is 4.16. The Morgan fingerprint density at radius 1 is 1.29 bits per heavy atom. The van der Waals surface area contributed by atoms with Crippen molar-refractivity contribution >= 4 is 29.6 Å². The number of aryl methyl sites for hydroxylation is 2. The number of hydrogen-bond acceptors (Lipinski definition) is 0. The molecule has 1 rings (SSSR count). The molecule has 0 amide bonds. The average molecular weight is 247 g/mol. The SMILES string of the molecule is Cc1ccc(C(C)C[SiH](Cl)Cl)c(C)c1. The maximum Gasteiger partial charge on any atom is 0.237 e. The van der Waals surface area contributed by atoms with E-state index in [1.165, 1.54) is 16.7 Å². The lowest BCUT2D eigenvalue weighted by molar-refractivity contribution is 0.850. The van der Waals surface area contributed by atoms with Crippen LogP contribution in [0.2, 0.25) is 6.04 Å². The third-order valence-corrected chi connectivity index (χ3v) is 4.62. The van der Waals surface area contributed by atoms with Crippen molar-refractivity contribution in [2.24, 2.45) is 0 Å². The second-order valence-electron chi connectivity index (χ2n) is 3.89. The van der Waals surface area contributed by atoms with E-state index in [9.17, 15) is 0 Å². The van der Waals surface area contributed by atoms with Gasteiger partial charge in [-0.25, -0.2) is 0 Å². The first-order valence-electron chi connectivity index (χ1n) is 4.86. The highest BCUT2D eigenvalue weighted by Crippen LogP contribution is 2.26. The van der Waals surface area contributed by atoms with Gasteiger partial charge in [0.2, 0.25) is 7.42 Å². The molecule has 1 unspecified atom stereocenters. The van der Waals surface area contributed by atoms with Crippen LogP contribution in [0.4, 0.5) is 0 Å². The second-order valence-corrected chi connectivity index (χ2v) is 8.97. The lowest BCUT2D eigenvalue weighted by Gasteiger charge is -2.14. The first-order chi connectivity index (χ1) is 6.50. The van der Waals surface area contributed by atoms with Crippen LogP contribution < -0.4 is 0 Å². The van der Waals surface area contributed by atoms with Crippen LogP contribution in [-0.2, 0) is 0 Å². The smallest absolute Gasteiger partial charge is 0.150 e. The van der Waals surface area contributed by atoms with E-state index in [2.05, 4.69) is 39.0 Å². The molecule has 1 aromatic carbocycles. The fourth-order valence-electron chi connectivity index (χ4n) is 1.77. The predicted molar refractivity (Wildman–Crippen MR) is 68.0 cm³/mol. The van der Waals surface area contributed by atoms with Crippen molar-refractivity contribution in [3.8, 4) is 0 Å². The van der Waals surface area contributed by atoms with Crippen LogP contribution in [0, 0.1) is 13.8 Å². The van der Waals surface area contributed by atoms with Crippen LogP contribution in [0.3, 0.4) is 0 Å². The Morgan fingerprint density at radius 3 is 2.43 bits per heavy atom. The minimum absolute atomic E-state index is 0.488. The largest absolute Gasteiger partial charge is 0.237 e. The Morgan fingerprint density at radius 2 is 1.93 bits per heavy atom. The average Bonchev–Trinajstić information content (AvgIpc) is 2.01. The summed E-state index contributed by atoms with van der Waals surface area (Å²) < 4.78 is 0. The number of rotatable bonds is 3. The Labute approximate surface area is 97.3 Å². The van der Waals surface area contributed by atoms with E-state index in [0.29, 0.717) is 5.92 Å². The molecule has 0 aromatic heterocycles. The fraction of sp³-hybridized carbons (Fsp3) is 0.455. The van der Waals surface area contributed by atoms with Crippen molar-refractivity contribution in [2.45, 2.75) is 32.7 Å². The van der Waals surface area contributed by atoms with Crippen LogP contribution >= 0.6 is 22.2 Å². The highest BCUT2D eigenvalue weighted by molar-refractivity contribution is 7.33. The van der Waals surface area contributed by atoms with E-state index >= 15 is 0 Å². The molecule has 0 nitrogen and oxygen atoms in total. The van der Waals surface area contributed by atoms with E-state index in [0.717, 1.165) is 6.04 Å². The van der Waals surface area contributed by atoms with Crippen LogP contribution in [0.5, 0.6) is 0 Å². The van der Waals surface area contributed by atoms with E-state index in [4.69, 9.17) is 22.2 Å². The molecule has 0 heterocycles. The number of hydrogen-bond donors (Lipinski definition) is 0. The normalized spacial score (nSPS) is 13.3. The molecular formula is C11H16Cl2Si. The summed E-state index contributed by atoms with van der Waals surface area (Å²) in [7, 11) is -1.49. The maximum atomic E-state index is 5.91. The molecule has 0 bridgehead atoms. The summed E-state index contributed by atoms with van der Waals surface area (Å²) in [6.07, 6.45) is 0. The van der Waals surface area contributed by atoms with Crippen molar-refractivity contribution in [1.82, 2.24) is 0 Å². The summed E-state index contributed by atoms with van der Waals surface area (Å²) in [6, 6.07) is 7.51. The third kappa shape index (κ3) is 3.30. The van der Waals surface area contributed by atoms with Gasteiger partial charge in [0.25, 0.3) is 0 Å². The molecule has 0 aliphatic carbocycles. The van der Waals surface area contributed by atoms with Gasteiger partial charge >= 0.3 is 0 Å². The van der Waals surface area contributed by atoms with E-state index in [1.54, 1.807) is 0 Å². The summed E-state index contributed by atoms with van der Waals surface area (Å²) in [5.74, 6) is 0.488. The zero-order valence-electron chi connectivity index (χ0n) is 8.85. The molecule has 0 N–H and O–H groups in total. The van der Waals surface area contributed by atoms with Crippen LogP contribution in [0.1, 0.15) is 29.5 Å². The predicted octanol–water partition coefficient (Wildman–Crippen LogP) is 4.11. The molecule has 14 heavy (non-hydrogen) atoms. The van der Waals surface area contributed by atoms with Crippen molar-refractivity contribution in [3.05, 3.63) is 34.9 Å². The monoisotopic (exact) mass is 246 g/mol. The standard InChI is InChI=1S/C11H16Cl2Si/c1-8-4-5-11(9(2)6-8)10(3)7-14(12)13/h4-6,10,14H,7H2,1-3H3. The minimum Gasteiger partial charge on any atom is -0.150 e. The second kappa shape index (κ2) is 5.20. The summed E-state index contributed by atoms with van der Waals surface area (Å²) >= 11 is 11.8. The third-order valence-electron chi connectivity index (χ3n) is 2.49. The van der Waals surface area contributed by atoms with Crippen LogP contribution in [-0.4, -0.2) is 7.42 Å². The molecule has 0 fully saturated rings. The summed E-state index contributed by atoms with van der Waals surface area (Å²) in [5, 5.41) is 0. The lowest BCUT2D eigenvalue weighted by atomic mass is 9.96. The molecule has 0 saturated heterocycles. The van der Waals surface area contributed by atoms with Gasteiger partial charge in [0.15, 0.2) is 0 Å². The molecule has 0 spiro atoms. The summed E-state index contributed by atoms with van der Waals surface area (Å²) in [4.78, 5) is 0. The first kappa shape index (κ1) is 12.1. The van der Waals surface area contributed by atoms with Crippen molar-refractivity contribution in [1.29, 1.82) is 0 Å². The number of halogens is 2. The Balaban J connectivity index is 2.84. The van der Waals surface area contributed by atoms with E-state index in [1.807, 2.05) is 0 Å². The lowest BCUT2D eigenvalue weighted by Crippen LogP contribution is -2.03. The van der Waals surface area contributed by atoms with Gasteiger partial charge in [0.05, 0.1) is 0 Å². The molecule has 0 aliphatic heterocycles. The topological polar surface area (TPSA) is 0 Å². The van der Waals surface area contributed by atoms with Gasteiger partial charge in [-0.15, -0.1) is 0 Å². The quantitative estimate of drug-likeness (QED) is 0.557. The molecule has 0 radical (unpaired) electrons. The molecular weight excluding hydrogens is 231 g/mol. The van der Waals surface area contributed by atoms with Crippen molar-refractivity contribution < 1.29 is 0 Å². The highest BCUT2D eigenvalue weighted by atomic mass is 35.7. The van der Waals surface area contributed by atoms with Crippen molar-refractivity contribution in [2.75, 3.05) is 0 Å². The first-order valence-corrected chi connectivity index (χ1v) is 9.16. The highest BCUT2D eigenvalue weighted by Gasteiger charge is 2.13. The zero-order valence-corrected chi connectivity index (χ0v) is 11.5. The molecule has 1 atom stereocenters. The molecule has 3 heteroatoms. The summed E-state index contributed by atoms with van der Waals surface area (Å²) in [6.45, 7) is 6.46. The molecule has 0 saturated carbocycles. The van der Waals surface area contributed by atoms with Crippen LogP contribution in [0.25, 0.3) is 0 Å². The van der Waals surface area contributed by atoms with Gasteiger partial charge in [0.1, 0.15) is 0 Å². The van der Waals surface area contributed by atoms with E-state index < -0.39 is 7.42 Å². The van der Waals surface area contributed by atoms with Crippen LogP contribution in [0.15, 0.2) is 18.2 Å². The molecule has 0 aliphatic rings. The Bertz CT molecular complexity index is 310. The van der Waals surface area contributed by atoms with Gasteiger partial charge in [-0.3, -0.25) is 0 Å². The Hall–Kier alpha value is 0.0169. The summed E-state index contributed by atoms with van der Waals surface area (Å²) in [5.41, 5.74) is 4.04. The maximum absolute atomic E-state index is 5.91. The molecule has 1 aromatic rings. The van der Waals surface area contributed by atoms with Gasteiger partial charge in [-0.05, 0) is 36.9 Å². The van der Waals surface area contributed by atoms with Crippen molar-refractivity contribution in [3.63, 3.8) is 0 Å². The number of benzene rings is 1. The zero-order chi connectivity index (χ0) is 10.7. The van der Waals surface area contributed by atoms with E-state index in [-0.39, 0.29) is 0 Å². The minimum atomic E-state index is -1.49.